The summed E-state index contributed by atoms with van der Waals surface area (Å²) in [7, 11) is 1.63. The Kier molecular flexibility index (Phi) is 4.59. The second-order valence-corrected chi connectivity index (χ2v) is 6.09. The van der Waals surface area contributed by atoms with Gasteiger partial charge in [0, 0.05) is 13.6 Å². The zero-order valence-corrected chi connectivity index (χ0v) is 13.5. The SMILES string of the molecule is CN(CCO)C(=O)NCc1ccc(-c2nc3ccccc3s2)o1. The van der Waals surface area contributed by atoms with Crippen molar-refractivity contribution in [3.8, 4) is 10.8 Å². The number of thiazole rings is 1. The van der Waals surface area contributed by atoms with Gasteiger partial charge in [-0.2, -0.15) is 0 Å². The summed E-state index contributed by atoms with van der Waals surface area (Å²) in [5.41, 5.74) is 0.949. The molecular formula is C16H17N3O3S. The summed E-state index contributed by atoms with van der Waals surface area (Å²) in [5, 5.41) is 12.4. The molecule has 0 saturated heterocycles. The van der Waals surface area contributed by atoms with Crippen molar-refractivity contribution in [3.63, 3.8) is 0 Å². The Morgan fingerprint density at radius 2 is 2.17 bits per heavy atom. The molecule has 0 aliphatic rings. The van der Waals surface area contributed by atoms with Crippen molar-refractivity contribution in [2.75, 3.05) is 20.2 Å². The normalized spacial score (nSPS) is 10.9. The molecule has 0 bridgehead atoms. The van der Waals surface area contributed by atoms with Crippen LogP contribution < -0.4 is 5.32 Å². The van der Waals surface area contributed by atoms with E-state index in [1.54, 1.807) is 18.4 Å². The molecule has 2 N–H and O–H groups in total. The van der Waals surface area contributed by atoms with E-state index in [0.717, 1.165) is 15.2 Å². The predicted molar refractivity (Wildman–Crippen MR) is 89.3 cm³/mol. The molecule has 2 aromatic heterocycles. The van der Waals surface area contributed by atoms with Crippen LogP contribution in [-0.4, -0.2) is 41.2 Å². The number of urea groups is 1. The lowest BCUT2D eigenvalue weighted by Gasteiger charge is -2.15. The Morgan fingerprint density at radius 3 is 2.96 bits per heavy atom. The fourth-order valence-corrected chi connectivity index (χ4v) is 3.04. The Morgan fingerprint density at radius 1 is 1.35 bits per heavy atom. The minimum atomic E-state index is -0.253. The molecule has 0 radical (unpaired) electrons. The summed E-state index contributed by atoms with van der Waals surface area (Å²) in [5.74, 6) is 1.35. The number of aliphatic hydroxyl groups excluding tert-OH is 1. The molecular weight excluding hydrogens is 314 g/mol. The number of likely N-dealkylation sites (N-methyl/N-ethyl adjacent to an activating group) is 1. The number of furan rings is 1. The van der Waals surface area contributed by atoms with Crippen LogP contribution in [0.1, 0.15) is 5.76 Å². The molecule has 3 aromatic rings. The number of rotatable bonds is 5. The second-order valence-electron chi connectivity index (χ2n) is 5.06. The lowest BCUT2D eigenvalue weighted by atomic mass is 10.3. The Bertz CT molecular complexity index is 779. The minimum Gasteiger partial charge on any atom is -0.457 e. The van der Waals surface area contributed by atoms with Crippen LogP contribution in [0.15, 0.2) is 40.8 Å². The number of aromatic nitrogens is 1. The average Bonchev–Trinajstić information content (AvgIpc) is 3.19. The van der Waals surface area contributed by atoms with E-state index in [-0.39, 0.29) is 12.6 Å². The van der Waals surface area contributed by atoms with E-state index in [4.69, 9.17) is 9.52 Å². The highest BCUT2D eigenvalue weighted by Gasteiger charge is 2.12. The van der Waals surface area contributed by atoms with Gasteiger partial charge in [-0.1, -0.05) is 12.1 Å². The van der Waals surface area contributed by atoms with E-state index in [1.165, 1.54) is 4.90 Å². The number of aliphatic hydroxyl groups is 1. The molecule has 0 atom stereocenters. The highest BCUT2D eigenvalue weighted by atomic mass is 32.1. The van der Waals surface area contributed by atoms with Gasteiger partial charge >= 0.3 is 6.03 Å². The summed E-state index contributed by atoms with van der Waals surface area (Å²) in [6, 6.07) is 11.4. The van der Waals surface area contributed by atoms with Crippen LogP contribution >= 0.6 is 11.3 Å². The zero-order chi connectivity index (χ0) is 16.2. The third-order valence-corrected chi connectivity index (χ3v) is 4.41. The highest BCUT2D eigenvalue weighted by molar-refractivity contribution is 7.21. The lowest BCUT2D eigenvalue weighted by molar-refractivity contribution is 0.189. The van der Waals surface area contributed by atoms with Crippen LogP contribution in [-0.2, 0) is 6.54 Å². The van der Waals surface area contributed by atoms with E-state index >= 15 is 0 Å². The molecule has 0 saturated carbocycles. The number of hydrogen-bond acceptors (Lipinski definition) is 5. The summed E-state index contributed by atoms with van der Waals surface area (Å²) < 4.78 is 6.87. The molecule has 2 heterocycles. The van der Waals surface area contributed by atoms with Gasteiger partial charge in [-0.05, 0) is 24.3 Å². The van der Waals surface area contributed by atoms with Crippen LogP contribution in [0.2, 0.25) is 0 Å². The number of carbonyl (C=O) groups excluding carboxylic acids is 1. The topological polar surface area (TPSA) is 78.6 Å². The monoisotopic (exact) mass is 331 g/mol. The van der Waals surface area contributed by atoms with Crippen LogP contribution in [0.3, 0.4) is 0 Å². The molecule has 1 aromatic carbocycles. The van der Waals surface area contributed by atoms with Gasteiger partial charge in [-0.25, -0.2) is 9.78 Å². The molecule has 7 heteroatoms. The number of nitrogens with zero attached hydrogens (tertiary/aromatic N) is 2. The maximum absolute atomic E-state index is 11.8. The number of benzene rings is 1. The van der Waals surface area contributed by atoms with Gasteiger partial charge in [0.05, 0.1) is 23.4 Å². The second kappa shape index (κ2) is 6.80. The molecule has 0 fully saturated rings. The number of nitrogens with one attached hydrogen (secondary N) is 1. The summed E-state index contributed by atoms with van der Waals surface area (Å²) in [4.78, 5) is 17.7. The first-order valence-electron chi connectivity index (χ1n) is 7.22. The number of fused-ring (bicyclic) bond motifs is 1. The van der Waals surface area contributed by atoms with Crippen molar-refractivity contribution in [1.82, 2.24) is 15.2 Å². The lowest BCUT2D eigenvalue weighted by Crippen LogP contribution is -2.38. The van der Waals surface area contributed by atoms with Gasteiger partial charge in [0.1, 0.15) is 5.76 Å². The van der Waals surface area contributed by atoms with E-state index in [0.29, 0.717) is 24.6 Å². The quantitative estimate of drug-likeness (QED) is 0.753. The van der Waals surface area contributed by atoms with Crippen molar-refractivity contribution in [2.45, 2.75) is 6.54 Å². The molecule has 0 spiro atoms. The van der Waals surface area contributed by atoms with Crippen LogP contribution in [0, 0.1) is 0 Å². The van der Waals surface area contributed by atoms with E-state index in [1.807, 2.05) is 36.4 Å². The third kappa shape index (κ3) is 3.52. The van der Waals surface area contributed by atoms with Crippen LogP contribution in [0.25, 0.3) is 21.0 Å². The van der Waals surface area contributed by atoms with Gasteiger partial charge in [0.2, 0.25) is 0 Å². The van der Waals surface area contributed by atoms with Gasteiger partial charge in [0.15, 0.2) is 10.8 Å². The highest BCUT2D eigenvalue weighted by Crippen LogP contribution is 2.30. The molecule has 6 nitrogen and oxygen atoms in total. The standard InChI is InChI=1S/C16H17N3O3S/c1-19(8-9-20)16(21)17-10-11-6-7-13(22-11)15-18-12-4-2-3-5-14(12)23-15/h2-7,20H,8-10H2,1H3,(H,17,21). The van der Waals surface area contributed by atoms with E-state index in [9.17, 15) is 4.79 Å². The number of para-hydroxylation sites is 1. The molecule has 23 heavy (non-hydrogen) atoms. The Balaban J connectivity index is 1.67. The minimum absolute atomic E-state index is 0.0631. The summed E-state index contributed by atoms with van der Waals surface area (Å²) in [6.45, 7) is 0.521. The molecule has 0 aliphatic heterocycles. The van der Waals surface area contributed by atoms with Crippen LogP contribution in [0.5, 0.6) is 0 Å². The fourth-order valence-electron chi connectivity index (χ4n) is 2.11. The fraction of sp³-hybridized carbons (Fsp3) is 0.250. The first-order valence-corrected chi connectivity index (χ1v) is 8.03. The maximum atomic E-state index is 11.8. The van der Waals surface area contributed by atoms with Gasteiger partial charge in [0.25, 0.3) is 0 Å². The van der Waals surface area contributed by atoms with E-state index in [2.05, 4.69) is 10.3 Å². The van der Waals surface area contributed by atoms with Crippen molar-refractivity contribution >= 4 is 27.6 Å². The molecule has 2 amide bonds. The molecule has 0 unspecified atom stereocenters. The molecule has 3 rings (SSSR count). The first-order chi connectivity index (χ1) is 11.2. The Hall–Kier alpha value is -2.38. The predicted octanol–water partition coefficient (Wildman–Crippen LogP) is 2.69. The summed E-state index contributed by atoms with van der Waals surface area (Å²) in [6.07, 6.45) is 0. The van der Waals surface area contributed by atoms with Crippen molar-refractivity contribution in [1.29, 1.82) is 0 Å². The first kappa shape index (κ1) is 15.5. The Labute approximate surface area is 137 Å². The van der Waals surface area contributed by atoms with E-state index < -0.39 is 0 Å². The van der Waals surface area contributed by atoms with Gasteiger partial charge < -0.3 is 19.7 Å². The zero-order valence-electron chi connectivity index (χ0n) is 12.7. The maximum Gasteiger partial charge on any atom is 0.317 e. The summed E-state index contributed by atoms with van der Waals surface area (Å²) >= 11 is 1.57. The number of amides is 2. The van der Waals surface area contributed by atoms with Crippen molar-refractivity contribution < 1.29 is 14.3 Å². The third-order valence-electron chi connectivity index (χ3n) is 3.36. The van der Waals surface area contributed by atoms with Crippen LogP contribution in [0.4, 0.5) is 4.79 Å². The van der Waals surface area contributed by atoms with Gasteiger partial charge in [-0.15, -0.1) is 11.3 Å². The van der Waals surface area contributed by atoms with Crippen molar-refractivity contribution in [3.05, 3.63) is 42.2 Å². The van der Waals surface area contributed by atoms with Gasteiger partial charge in [-0.3, -0.25) is 0 Å². The van der Waals surface area contributed by atoms with Crippen molar-refractivity contribution in [2.24, 2.45) is 0 Å². The largest absolute Gasteiger partial charge is 0.457 e. The number of hydrogen-bond donors (Lipinski definition) is 2. The number of carbonyl (C=O) groups is 1. The molecule has 120 valence electrons. The smallest absolute Gasteiger partial charge is 0.317 e. The molecule has 0 aliphatic carbocycles. The average molecular weight is 331 g/mol.